The molecule has 104 valence electrons. The summed E-state index contributed by atoms with van der Waals surface area (Å²) in [5.41, 5.74) is 8.91. The second-order valence-corrected chi connectivity index (χ2v) is 6.01. The lowest BCUT2D eigenvalue weighted by atomic mass is 9.92. The van der Waals surface area contributed by atoms with Crippen LogP contribution in [0.2, 0.25) is 0 Å². The third-order valence-electron chi connectivity index (χ3n) is 3.73. The molecule has 1 aliphatic rings. The zero-order valence-corrected chi connectivity index (χ0v) is 12.2. The fraction of sp³-hybridized carbons (Fsp3) is 0.333. The minimum absolute atomic E-state index is 0.0145. The number of amides is 1. The highest BCUT2D eigenvalue weighted by atomic mass is 32.1. The zero-order chi connectivity index (χ0) is 14.1. The number of hydrogen-bond acceptors (Lipinski definition) is 4. The van der Waals surface area contributed by atoms with E-state index in [1.165, 1.54) is 22.5 Å². The van der Waals surface area contributed by atoms with Crippen molar-refractivity contribution in [3.63, 3.8) is 0 Å². The van der Waals surface area contributed by atoms with Crippen LogP contribution >= 0.6 is 11.3 Å². The first-order chi connectivity index (χ1) is 9.70. The molecule has 0 fully saturated rings. The van der Waals surface area contributed by atoms with Gasteiger partial charge in [0, 0.05) is 18.5 Å². The Bertz CT molecular complexity index is 638. The monoisotopic (exact) mass is 287 g/mol. The molecule has 5 heteroatoms. The Morgan fingerprint density at radius 3 is 3.00 bits per heavy atom. The molecule has 0 spiro atoms. The first-order valence-electron chi connectivity index (χ1n) is 6.71. The van der Waals surface area contributed by atoms with Gasteiger partial charge in [-0.15, -0.1) is 11.3 Å². The number of aryl methyl sites for hydroxylation is 1. The van der Waals surface area contributed by atoms with Crippen molar-refractivity contribution >= 4 is 17.2 Å². The second kappa shape index (κ2) is 5.34. The van der Waals surface area contributed by atoms with E-state index in [1.807, 2.05) is 29.3 Å². The van der Waals surface area contributed by atoms with E-state index >= 15 is 0 Å². The molecule has 1 aromatic heterocycles. The van der Waals surface area contributed by atoms with Crippen molar-refractivity contribution < 1.29 is 4.79 Å². The summed E-state index contributed by atoms with van der Waals surface area (Å²) in [6.07, 6.45) is 0.877. The number of rotatable bonds is 2. The Hall–Kier alpha value is -1.72. The van der Waals surface area contributed by atoms with E-state index in [9.17, 15) is 4.79 Å². The Morgan fingerprint density at radius 2 is 2.30 bits per heavy atom. The first-order valence-corrected chi connectivity index (χ1v) is 7.59. The van der Waals surface area contributed by atoms with Crippen molar-refractivity contribution in [1.82, 2.24) is 9.88 Å². The van der Waals surface area contributed by atoms with Gasteiger partial charge in [0.1, 0.15) is 5.69 Å². The molecule has 3 rings (SSSR count). The van der Waals surface area contributed by atoms with Gasteiger partial charge in [0.2, 0.25) is 0 Å². The standard InChI is InChI=1S/C15H17N3OS/c1-10-17-13(9-20-10)15(19)18-7-6-11-4-2-3-5-12(11)14(18)8-16/h2-5,9,14H,6-8,16H2,1H3. The summed E-state index contributed by atoms with van der Waals surface area (Å²) >= 11 is 1.50. The Labute approximate surface area is 122 Å². The van der Waals surface area contributed by atoms with Crippen LogP contribution in [0.5, 0.6) is 0 Å². The van der Waals surface area contributed by atoms with Crippen molar-refractivity contribution in [2.45, 2.75) is 19.4 Å². The summed E-state index contributed by atoms with van der Waals surface area (Å²) in [6, 6.07) is 8.18. The van der Waals surface area contributed by atoms with Gasteiger partial charge in [-0.2, -0.15) is 0 Å². The maximum absolute atomic E-state index is 12.6. The lowest BCUT2D eigenvalue weighted by molar-refractivity contribution is 0.0662. The largest absolute Gasteiger partial charge is 0.329 e. The van der Waals surface area contributed by atoms with Crippen molar-refractivity contribution in [3.8, 4) is 0 Å². The third kappa shape index (κ3) is 2.23. The molecule has 1 amide bonds. The molecule has 1 aromatic carbocycles. The average molecular weight is 287 g/mol. The number of thiazole rings is 1. The summed E-state index contributed by atoms with van der Waals surface area (Å²) in [4.78, 5) is 18.8. The fourth-order valence-corrected chi connectivity index (χ4v) is 3.34. The average Bonchev–Trinajstić information content (AvgIpc) is 2.91. The molecule has 2 N–H and O–H groups in total. The molecule has 1 aliphatic heterocycles. The highest BCUT2D eigenvalue weighted by Gasteiger charge is 2.31. The molecule has 0 bridgehead atoms. The molecule has 2 aromatic rings. The summed E-state index contributed by atoms with van der Waals surface area (Å²) in [6.45, 7) is 3.05. The van der Waals surface area contributed by atoms with Crippen LogP contribution in [0.15, 0.2) is 29.6 Å². The highest BCUT2D eigenvalue weighted by molar-refractivity contribution is 7.09. The van der Waals surface area contributed by atoms with E-state index in [2.05, 4.69) is 17.1 Å². The van der Waals surface area contributed by atoms with E-state index < -0.39 is 0 Å². The maximum Gasteiger partial charge on any atom is 0.273 e. The van der Waals surface area contributed by atoms with E-state index in [0.717, 1.165) is 11.4 Å². The lowest BCUT2D eigenvalue weighted by Gasteiger charge is -2.36. The van der Waals surface area contributed by atoms with Crippen molar-refractivity contribution in [3.05, 3.63) is 51.5 Å². The molecular weight excluding hydrogens is 270 g/mol. The van der Waals surface area contributed by atoms with Gasteiger partial charge in [-0.05, 0) is 24.5 Å². The number of hydrogen-bond donors (Lipinski definition) is 1. The quantitative estimate of drug-likeness (QED) is 0.920. The summed E-state index contributed by atoms with van der Waals surface area (Å²) in [5, 5.41) is 2.74. The molecule has 1 unspecified atom stereocenters. The van der Waals surface area contributed by atoms with Gasteiger partial charge in [-0.1, -0.05) is 24.3 Å². The van der Waals surface area contributed by atoms with Crippen molar-refractivity contribution in [2.24, 2.45) is 5.73 Å². The smallest absolute Gasteiger partial charge is 0.273 e. The van der Waals surface area contributed by atoms with Gasteiger partial charge in [0.05, 0.1) is 11.0 Å². The molecule has 2 heterocycles. The van der Waals surface area contributed by atoms with E-state index in [4.69, 9.17) is 5.73 Å². The van der Waals surface area contributed by atoms with Crippen LogP contribution in [0.25, 0.3) is 0 Å². The van der Waals surface area contributed by atoms with Crippen LogP contribution in [0.4, 0.5) is 0 Å². The topological polar surface area (TPSA) is 59.2 Å². The number of nitrogens with two attached hydrogens (primary N) is 1. The highest BCUT2D eigenvalue weighted by Crippen LogP contribution is 2.30. The summed E-state index contributed by atoms with van der Waals surface area (Å²) in [7, 11) is 0. The van der Waals surface area contributed by atoms with Gasteiger partial charge in [-0.3, -0.25) is 4.79 Å². The van der Waals surface area contributed by atoms with Crippen LogP contribution in [0.3, 0.4) is 0 Å². The third-order valence-corrected chi connectivity index (χ3v) is 4.51. The summed E-state index contributed by atoms with van der Waals surface area (Å²) in [5.74, 6) is -0.0145. The Balaban J connectivity index is 1.93. The maximum atomic E-state index is 12.6. The minimum Gasteiger partial charge on any atom is -0.329 e. The zero-order valence-electron chi connectivity index (χ0n) is 11.4. The van der Waals surface area contributed by atoms with Crippen LogP contribution in [0.1, 0.15) is 32.7 Å². The Morgan fingerprint density at radius 1 is 1.50 bits per heavy atom. The predicted molar refractivity (Wildman–Crippen MR) is 79.8 cm³/mol. The van der Waals surface area contributed by atoms with Gasteiger partial charge in [0.25, 0.3) is 5.91 Å². The van der Waals surface area contributed by atoms with Crippen LogP contribution in [0, 0.1) is 6.92 Å². The SMILES string of the molecule is Cc1nc(C(=O)N2CCc3ccccc3C2CN)cs1. The van der Waals surface area contributed by atoms with Gasteiger partial charge >= 0.3 is 0 Å². The molecule has 0 radical (unpaired) electrons. The molecule has 4 nitrogen and oxygen atoms in total. The van der Waals surface area contributed by atoms with Crippen LogP contribution in [-0.4, -0.2) is 28.9 Å². The molecule has 1 atom stereocenters. The second-order valence-electron chi connectivity index (χ2n) is 4.95. The number of nitrogens with zero attached hydrogens (tertiary/aromatic N) is 2. The van der Waals surface area contributed by atoms with E-state index in [0.29, 0.717) is 18.8 Å². The van der Waals surface area contributed by atoms with Crippen LogP contribution < -0.4 is 5.73 Å². The van der Waals surface area contributed by atoms with Gasteiger partial charge in [-0.25, -0.2) is 4.98 Å². The first kappa shape index (κ1) is 13.3. The van der Waals surface area contributed by atoms with E-state index in [-0.39, 0.29) is 11.9 Å². The van der Waals surface area contributed by atoms with Gasteiger partial charge < -0.3 is 10.6 Å². The molecule has 0 saturated carbocycles. The Kier molecular flexibility index (Phi) is 3.54. The number of benzene rings is 1. The summed E-state index contributed by atoms with van der Waals surface area (Å²) < 4.78 is 0. The molecule has 0 saturated heterocycles. The molecule has 0 aliphatic carbocycles. The normalized spacial score (nSPS) is 17.9. The van der Waals surface area contributed by atoms with Crippen molar-refractivity contribution in [1.29, 1.82) is 0 Å². The molecule has 20 heavy (non-hydrogen) atoms. The fourth-order valence-electron chi connectivity index (χ4n) is 2.76. The number of aromatic nitrogens is 1. The van der Waals surface area contributed by atoms with E-state index in [1.54, 1.807) is 0 Å². The molecular formula is C15H17N3OS. The number of carbonyl (C=O) groups is 1. The minimum atomic E-state index is -0.0468. The van der Waals surface area contributed by atoms with Crippen LogP contribution in [-0.2, 0) is 6.42 Å². The number of fused-ring (bicyclic) bond motifs is 1. The number of carbonyl (C=O) groups excluding carboxylic acids is 1. The van der Waals surface area contributed by atoms with Gasteiger partial charge in [0.15, 0.2) is 0 Å². The predicted octanol–water partition coefficient (Wildman–Crippen LogP) is 2.15. The lowest BCUT2D eigenvalue weighted by Crippen LogP contribution is -2.43. The van der Waals surface area contributed by atoms with Crippen molar-refractivity contribution in [2.75, 3.05) is 13.1 Å².